The number of piperidine rings is 1. The van der Waals surface area contributed by atoms with Gasteiger partial charge in [0, 0.05) is 42.9 Å². The number of halogens is 3. The molecule has 10 heteroatoms. The quantitative estimate of drug-likeness (QED) is 0.580. The summed E-state index contributed by atoms with van der Waals surface area (Å²) >= 11 is 0. The minimum Gasteiger partial charge on any atom is -0.361 e. The number of rotatable bonds is 4. The van der Waals surface area contributed by atoms with Gasteiger partial charge < -0.3 is 14.7 Å². The monoisotopic (exact) mass is 482 g/mol. The predicted octanol–water partition coefficient (Wildman–Crippen LogP) is 4.66. The van der Waals surface area contributed by atoms with Crippen LogP contribution in [0.4, 0.5) is 19.1 Å². The lowest BCUT2D eigenvalue weighted by atomic mass is 9.97. The third-order valence-corrected chi connectivity index (χ3v) is 7.20. The smallest absolute Gasteiger partial charge is 0.361 e. The minimum absolute atomic E-state index is 0.111. The van der Waals surface area contributed by atoms with Crippen molar-refractivity contribution < 1.29 is 17.7 Å². The van der Waals surface area contributed by atoms with Crippen molar-refractivity contribution in [2.24, 2.45) is 5.92 Å². The standard InChI is InChI=1S/C25H25F3N6O/c1-13-22(14(2)35-33-13)21-6-3-17-18(4-5-20(17)31-21)23-19(25(26,27)28)10-29-24(32-23)30-16-9-15-7-8-34(11-15)12-16/h3-4,6,10,15-16H,5,7-9,11-12H2,1-2H3,(H,29,30,32)/t15-,16+/m1/s1. The normalized spacial score (nSPS) is 23.3. The molecule has 182 valence electrons. The first kappa shape index (κ1) is 22.2. The van der Waals surface area contributed by atoms with E-state index in [1.807, 2.05) is 19.9 Å². The summed E-state index contributed by atoms with van der Waals surface area (Å²) in [5, 5.41) is 7.27. The number of hydrogen-bond donors (Lipinski definition) is 1. The summed E-state index contributed by atoms with van der Waals surface area (Å²) in [7, 11) is 0. The summed E-state index contributed by atoms with van der Waals surface area (Å²) in [6, 6.07) is 3.73. The van der Waals surface area contributed by atoms with E-state index in [1.165, 1.54) is 6.42 Å². The third kappa shape index (κ3) is 3.99. The van der Waals surface area contributed by atoms with Crippen molar-refractivity contribution >= 4 is 11.5 Å². The summed E-state index contributed by atoms with van der Waals surface area (Å²) in [4.78, 5) is 15.6. The Bertz CT molecular complexity index is 1300. The molecule has 2 aliphatic heterocycles. The molecule has 6 rings (SSSR count). The highest BCUT2D eigenvalue weighted by atomic mass is 19.4. The number of nitrogens with one attached hydrogen (secondary N) is 1. The van der Waals surface area contributed by atoms with Crippen LogP contribution in [0.1, 0.15) is 46.8 Å². The van der Waals surface area contributed by atoms with E-state index < -0.39 is 11.7 Å². The number of nitrogens with zero attached hydrogens (tertiary/aromatic N) is 5. The van der Waals surface area contributed by atoms with Crippen LogP contribution >= 0.6 is 0 Å². The maximum atomic E-state index is 14.0. The second-order valence-electron chi connectivity index (χ2n) is 9.66. The van der Waals surface area contributed by atoms with E-state index in [0.717, 1.165) is 43.5 Å². The highest BCUT2D eigenvalue weighted by molar-refractivity contribution is 5.85. The van der Waals surface area contributed by atoms with Gasteiger partial charge in [-0.15, -0.1) is 0 Å². The third-order valence-electron chi connectivity index (χ3n) is 7.20. The van der Waals surface area contributed by atoms with Gasteiger partial charge in [-0.05, 0) is 45.2 Å². The van der Waals surface area contributed by atoms with E-state index in [0.29, 0.717) is 40.6 Å². The van der Waals surface area contributed by atoms with E-state index in [4.69, 9.17) is 9.51 Å². The topological polar surface area (TPSA) is 80.0 Å². The molecule has 3 aromatic heterocycles. The maximum Gasteiger partial charge on any atom is 0.419 e. The average Bonchev–Trinajstić information content (AvgIpc) is 3.49. The second kappa shape index (κ2) is 8.15. The average molecular weight is 483 g/mol. The Morgan fingerprint density at radius 1 is 1.14 bits per heavy atom. The van der Waals surface area contributed by atoms with Crippen LogP contribution in [0.15, 0.2) is 28.9 Å². The molecular formula is C25H25F3N6O. The zero-order valence-corrected chi connectivity index (χ0v) is 19.5. The van der Waals surface area contributed by atoms with Crippen LogP contribution in [0.2, 0.25) is 0 Å². The Balaban J connectivity index is 1.34. The van der Waals surface area contributed by atoms with E-state index >= 15 is 0 Å². The van der Waals surface area contributed by atoms with Crippen molar-refractivity contribution in [2.75, 3.05) is 25.0 Å². The summed E-state index contributed by atoms with van der Waals surface area (Å²) in [6.07, 6.45) is 0.665. The molecule has 2 bridgehead atoms. The molecule has 1 aliphatic carbocycles. The van der Waals surface area contributed by atoms with Gasteiger partial charge >= 0.3 is 6.18 Å². The fourth-order valence-corrected chi connectivity index (χ4v) is 5.63. The first-order valence-corrected chi connectivity index (χ1v) is 11.8. The number of fused-ring (bicyclic) bond motifs is 3. The molecule has 5 heterocycles. The van der Waals surface area contributed by atoms with Crippen LogP contribution in [0, 0.1) is 19.8 Å². The van der Waals surface area contributed by atoms with E-state index in [1.54, 1.807) is 12.1 Å². The molecule has 0 amide bonds. The molecule has 1 unspecified atom stereocenters. The highest BCUT2D eigenvalue weighted by Crippen LogP contribution is 2.40. The van der Waals surface area contributed by atoms with E-state index in [9.17, 15) is 13.2 Å². The summed E-state index contributed by atoms with van der Waals surface area (Å²) < 4.78 is 47.1. The van der Waals surface area contributed by atoms with Crippen molar-refractivity contribution in [2.45, 2.75) is 45.3 Å². The van der Waals surface area contributed by atoms with Crippen LogP contribution in [0.25, 0.3) is 16.8 Å². The predicted molar refractivity (Wildman–Crippen MR) is 124 cm³/mol. The number of aromatic nitrogens is 4. The molecule has 3 aromatic rings. The lowest BCUT2D eigenvalue weighted by Crippen LogP contribution is -2.41. The number of allylic oxidation sites excluding steroid dienone is 1. The first-order valence-electron chi connectivity index (χ1n) is 11.8. The lowest BCUT2D eigenvalue weighted by molar-refractivity contribution is -0.138. The van der Waals surface area contributed by atoms with Crippen LogP contribution in [-0.4, -0.2) is 50.7 Å². The summed E-state index contributed by atoms with van der Waals surface area (Å²) in [5.41, 5.74) is 3.06. The molecule has 0 radical (unpaired) electrons. The van der Waals surface area contributed by atoms with Crippen molar-refractivity contribution in [3.63, 3.8) is 0 Å². The Labute approximate surface area is 200 Å². The Morgan fingerprint density at radius 2 is 2.00 bits per heavy atom. The maximum absolute atomic E-state index is 14.0. The van der Waals surface area contributed by atoms with Crippen molar-refractivity contribution in [3.05, 3.63) is 58.4 Å². The van der Waals surface area contributed by atoms with Gasteiger partial charge in [0.05, 0.1) is 28.3 Å². The van der Waals surface area contributed by atoms with Gasteiger partial charge in [-0.25, -0.2) is 9.97 Å². The number of anilines is 1. The fraction of sp³-hybridized carbons (Fsp3) is 0.440. The van der Waals surface area contributed by atoms with Crippen LogP contribution < -0.4 is 5.32 Å². The van der Waals surface area contributed by atoms with Gasteiger partial charge in [-0.3, -0.25) is 4.98 Å². The SMILES string of the molecule is Cc1noc(C)c1-c1ccc2c(n1)CC=C2c1nc(N[C@H]2C[C@H]3CCN(C3)C2)ncc1C(F)(F)F. The number of aryl methyl sites for hydroxylation is 2. The number of hydrogen-bond acceptors (Lipinski definition) is 7. The molecule has 2 fully saturated rings. The van der Waals surface area contributed by atoms with Gasteiger partial charge in [0.15, 0.2) is 0 Å². The second-order valence-corrected chi connectivity index (χ2v) is 9.66. The van der Waals surface area contributed by atoms with Crippen molar-refractivity contribution in [1.29, 1.82) is 0 Å². The van der Waals surface area contributed by atoms with Gasteiger partial charge in [-0.2, -0.15) is 13.2 Å². The molecule has 1 N–H and O–H groups in total. The van der Waals surface area contributed by atoms with Gasteiger partial charge in [-0.1, -0.05) is 17.3 Å². The summed E-state index contributed by atoms with van der Waals surface area (Å²) in [6.45, 7) is 6.69. The van der Waals surface area contributed by atoms with Crippen LogP contribution in [-0.2, 0) is 12.6 Å². The Kier molecular flexibility index (Phi) is 5.17. The molecule has 0 saturated carbocycles. The Morgan fingerprint density at radius 3 is 2.74 bits per heavy atom. The zero-order valence-electron chi connectivity index (χ0n) is 19.5. The molecule has 35 heavy (non-hydrogen) atoms. The first-order chi connectivity index (χ1) is 16.8. The van der Waals surface area contributed by atoms with Crippen molar-refractivity contribution in [1.82, 2.24) is 25.0 Å². The number of pyridine rings is 1. The van der Waals surface area contributed by atoms with Gasteiger partial charge in [0.25, 0.3) is 0 Å². The summed E-state index contributed by atoms with van der Waals surface area (Å²) in [5.74, 6) is 1.51. The molecular weight excluding hydrogens is 457 g/mol. The van der Waals surface area contributed by atoms with Crippen LogP contribution in [0.3, 0.4) is 0 Å². The molecule has 3 atom stereocenters. The molecule has 2 saturated heterocycles. The molecule has 0 spiro atoms. The Hall–Kier alpha value is -3.27. The molecule has 3 aliphatic rings. The van der Waals surface area contributed by atoms with E-state index in [-0.39, 0.29) is 17.7 Å². The largest absolute Gasteiger partial charge is 0.419 e. The molecule has 7 nitrogen and oxygen atoms in total. The van der Waals surface area contributed by atoms with Crippen molar-refractivity contribution in [3.8, 4) is 11.3 Å². The van der Waals surface area contributed by atoms with Crippen LogP contribution in [0.5, 0.6) is 0 Å². The minimum atomic E-state index is -4.57. The van der Waals surface area contributed by atoms with Gasteiger partial charge in [0.1, 0.15) is 11.3 Å². The molecule has 0 aromatic carbocycles. The van der Waals surface area contributed by atoms with Gasteiger partial charge in [0.2, 0.25) is 5.95 Å². The highest BCUT2D eigenvalue weighted by Gasteiger charge is 2.38. The van der Waals surface area contributed by atoms with E-state index in [2.05, 4.69) is 25.3 Å². The zero-order chi connectivity index (χ0) is 24.3. The fourth-order valence-electron chi connectivity index (χ4n) is 5.63. The lowest BCUT2D eigenvalue weighted by Gasteiger charge is -2.30. The number of alkyl halides is 3.